The quantitative estimate of drug-likeness (QED) is 0.702. The molecule has 0 aromatic heterocycles. The van der Waals surface area contributed by atoms with E-state index in [1.807, 2.05) is 0 Å². The van der Waals surface area contributed by atoms with Crippen LogP contribution in [-0.2, 0) is 4.74 Å². The van der Waals surface area contributed by atoms with Gasteiger partial charge in [-0.3, -0.25) is 0 Å². The fourth-order valence-electron chi connectivity index (χ4n) is 1.49. The molecule has 0 atom stereocenters. The number of methoxy groups -OCH3 is 1. The van der Waals surface area contributed by atoms with Crippen LogP contribution in [0.3, 0.4) is 0 Å². The Morgan fingerprint density at radius 2 is 1.95 bits per heavy atom. The Kier molecular flexibility index (Phi) is 7.93. The molecule has 0 aliphatic heterocycles. The van der Waals surface area contributed by atoms with Gasteiger partial charge in [-0.1, -0.05) is 0 Å². The van der Waals surface area contributed by atoms with Crippen LogP contribution in [-0.4, -0.2) is 33.4 Å². The van der Waals surface area contributed by atoms with Gasteiger partial charge in [-0.25, -0.2) is 8.78 Å². The molecule has 0 fully saturated rings. The minimum absolute atomic E-state index is 0.0637. The highest BCUT2D eigenvalue weighted by molar-refractivity contribution is 9.10. The second kappa shape index (κ2) is 9.23. The SMILES string of the molecule is COCCNCCCCOc1c(F)cc(F)cc1Br. The van der Waals surface area contributed by atoms with Gasteiger partial charge in [0.25, 0.3) is 0 Å². The number of unbranched alkanes of at least 4 members (excludes halogenated alkanes) is 1. The van der Waals surface area contributed by atoms with Crippen LogP contribution in [0.25, 0.3) is 0 Å². The zero-order valence-electron chi connectivity index (χ0n) is 10.8. The summed E-state index contributed by atoms with van der Waals surface area (Å²) in [5, 5.41) is 3.20. The van der Waals surface area contributed by atoms with Gasteiger partial charge in [0.2, 0.25) is 0 Å². The molecule has 1 aromatic carbocycles. The zero-order chi connectivity index (χ0) is 14.1. The Morgan fingerprint density at radius 1 is 1.16 bits per heavy atom. The maximum Gasteiger partial charge on any atom is 0.169 e. The van der Waals surface area contributed by atoms with Crippen molar-refractivity contribution in [2.45, 2.75) is 12.8 Å². The Labute approximate surface area is 120 Å². The average molecular weight is 338 g/mol. The van der Waals surface area contributed by atoms with Crippen molar-refractivity contribution in [3.05, 3.63) is 28.2 Å². The molecule has 1 N–H and O–H groups in total. The number of hydrogen-bond donors (Lipinski definition) is 1. The van der Waals surface area contributed by atoms with Gasteiger partial charge in [-0.2, -0.15) is 0 Å². The maximum atomic E-state index is 13.4. The highest BCUT2D eigenvalue weighted by Gasteiger charge is 2.10. The van der Waals surface area contributed by atoms with E-state index in [9.17, 15) is 8.78 Å². The van der Waals surface area contributed by atoms with Crippen molar-refractivity contribution in [1.29, 1.82) is 0 Å². The number of rotatable bonds is 9. The third kappa shape index (κ3) is 6.31. The number of benzene rings is 1. The summed E-state index contributed by atoms with van der Waals surface area (Å²) in [5.74, 6) is -1.25. The van der Waals surface area contributed by atoms with E-state index >= 15 is 0 Å². The highest BCUT2D eigenvalue weighted by Crippen LogP contribution is 2.29. The van der Waals surface area contributed by atoms with Gasteiger partial charge in [0.15, 0.2) is 11.6 Å². The van der Waals surface area contributed by atoms with Gasteiger partial charge in [-0.05, 0) is 41.4 Å². The first-order valence-corrected chi connectivity index (χ1v) is 6.91. The Hall–Kier alpha value is -0.720. The van der Waals surface area contributed by atoms with Crippen LogP contribution >= 0.6 is 15.9 Å². The molecular formula is C13H18BrF2NO2. The molecule has 0 bridgehead atoms. The van der Waals surface area contributed by atoms with Crippen LogP contribution in [0.2, 0.25) is 0 Å². The highest BCUT2D eigenvalue weighted by atomic mass is 79.9. The van der Waals surface area contributed by atoms with Crippen molar-refractivity contribution >= 4 is 15.9 Å². The second-order valence-electron chi connectivity index (χ2n) is 4.00. The molecule has 6 heteroatoms. The molecule has 0 saturated carbocycles. The van der Waals surface area contributed by atoms with Gasteiger partial charge < -0.3 is 14.8 Å². The molecule has 0 aliphatic carbocycles. The van der Waals surface area contributed by atoms with Gasteiger partial charge in [0.1, 0.15) is 5.82 Å². The number of halogens is 3. The summed E-state index contributed by atoms with van der Waals surface area (Å²) in [7, 11) is 1.66. The summed E-state index contributed by atoms with van der Waals surface area (Å²) in [4.78, 5) is 0. The minimum Gasteiger partial charge on any atom is -0.489 e. The van der Waals surface area contributed by atoms with Crippen molar-refractivity contribution < 1.29 is 18.3 Å². The van der Waals surface area contributed by atoms with Gasteiger partial charge in [0, 0.05) is 19.7 Å². The minimum atomic E-state index is -0.690. The van der Waals surface area contributed by atoms with Crippen molar-refractivity contribution in [2.24, 2.45) is 0 Å². The lowest BCUT2D eigenvalue weighted by Crippen LogP contribution is -2.20. The van der Waals surface area contributed by atoms with Crippen molar-refractivity contribution in [1.82, 2.24) is 5.32 Å². The number of nitrogens with one attached hydrogen (secondary N) is 1. The van der Waals surface area contributed by atoms with E-state index in [0.29, 0.717) is 17.7 Å². The summed E-state index contributed by atoms with van der Waals surface area (Å²) in [6, 6.07) is 2.00. The molecule has 0 unspecified atom stereocenters. The van der Waals surface area contributed by atoms with Gasteiger partial charge in [-0.15, -0.1) is 0 Å². The third-order valence-electron chi connectivity index (χ3n) is 2.44. The van der Waals surface area contributed by atoms with Crippen LogP contribution in [0.15, 0.2) is 16.6 Å². The van der Waals surface area contributed by atoms with Gasteiger partial charge >= 0.3 is 0 Å². The lowest BCUT2D eigenvalue weighted by molar-refractivity contribution is 0.199. The largest absolute Gasteiger partial charge is 0.489 e. The standard InChI is InChI=1S/C13H18BrF2NO2/c1-18-7-5-17-4-2-3-6-19-13-11(14)8-10(15)9-12(13)16/h8-9,17H,2-7H2,1H3. The van der Waals surface area contributed by atoms with E-state index in [2.05, 4.69) is 21.2 Å². The molecule has 3 nitrogen and oxygen atoms in total. The van der Waals surface area contributed by atoms with Crippen molar-refractivity contribution in [3.8, 4) is 5.75 Å². The summed E-state index contributed by atoms with van der Waals surface area (Å²) >= 11 is 3.08. The Balaban J connectivity index is 2.19. The Bertz CT molecular complexity index is 368. The molecule has 0 spiro atoms. The first kappa shape index (κ1) is 16.3. The molecule has 108 valence electrons. The van der Waals surface area contributed by atoms with Crippen LogP contribution in [0, 0.1) is 11.6 Å². The zero-order valence-corrected chi connectivity index (χ0v) is 12.4. The smallest absolute Gasteiger partial charge is 0.169 e. The van der Waals surface area contributed by atoms with E-state index in [1.54, 1.807) is 7.11 Å². The first-order chi connectivity index (χ1) is 9.15. The topological polar surface area (TPSA) is 30.5 Å². The molecule has 19 heavy (non-hydrogen) atoms. The molecule has 1 rings (SSSR count). The monoisotopic (exact) mass is 337 g/mol. The summed E-state index contributed by atoms with van der Waals surface area (Å²) in [6.07, 6.45) is 1.72. The third-order valence-corrected chi connectivity index (χ3v) is 3.03. The van der Waals surface area contributed by atoms with E-state index < -0.39 is 11.6 Å². The predicted molar refractivity (Wildman–Crippen MR) is 73.5 cm³/mol. The molecule has 0 heterocycles. The molecular weight excluding hydrogens is 320 g/mol. The summed E-state index contributed by atoms with van der Waals surface area (Å²) in [6.45, 7) is 2.76. The summed E-state index contributed by atoms with van der Waals surface area (Å²) < 4.78 is 36.8. The number of ether oxygens (including phenoxy) is 2. The van der Waals surface area contributed by atoms with Crippen LogP contribution in [0.5, 0.6) is 5.75 Å². The normalized spacial score (nSPS) is 10.7. The van der Waals surface area contributed by atoms with E-state index in [4.69, 9.17) is 9.47 Å². The van der Waals surface area contributed by atoms with Crippen molar-refractivity contribution in [2.75, 3.05) is 33.4 Å². The molecule has 0 amide bonds. The predicted octanol–water partition coefficient (Wildman–Crippen LogP) is 3.12. The van der Waals surface area contributed by atoms with Gasteiger partial charge in [0.05, 0.1) is 17.7 Å². The van der Waals surface area contributed by atoms with E-state index in [-0.39, 0.29) is 5.75 Å². The molecule has 0 aliphatic rings. The summed E-state index contributed by atoms with van der Waals surface area (Å²) in [5.41, 5.74) is 0. The maximum absolute atomic E-state index is 13.4. The van der Waals surface area contributed by atoms with E-state index in [1.165, 1.54) is 6.07 Å². The Morgan fingerprint density at radius 3 is 2.63 bits per heavy atom. The lowest BCUT2D eigenvalue weighted by Gasteiger charge is -2.09. The fourth-order valence-corrected chi connectivity index (χ4v) is 2.01. The fraction of sp³-hybridized carbons (Fsp3) is 0.538. The van der Waals surface area contributed by atoms with Crippen LogP contribution in [0.1, 0.15) is 12.8 Å². The molecule has 0 radical (unpaired) electrons. The first-order valence-electron chi connectivity index (χ1n) is 6.12. The molecule has 1 aromatic rings. The second-order valence-corrected chi connectivity index (χ2v) is 4.85. The van der Waals surface area contributed by atoms with Crippen LogP contribution in [0.4, 0.5) is 8.78 Å². The van der Waals surface area contributed by atoms with E-state index in [0.717, 1.165) is 32.0 Å². The van der Waals surface area contributed by atoms with Crippen molar-refractivity contribution in [3.63, 3.8) is 0 Å². The average Bonchev–Trinajstić information content (AvgIpc) is 2.35. The lowest BCUT2D eigenvalue weighted by atomic mass is 10.3. The van der Waals surface area contributed by atoms with Crippen LogP contribution < -0.4 is 10.1 Å². The molecule has 0 saturated heterocycles. The number of hydrogen-bond acceptors (Lipinski definition) is 3.